The number of nitrogens with one attached hydrogen (secondary N) is 1. The maximum atomic E-state index is 10.5. The van der Waals surface area contributed by atoms with E-state index in [1.807, 2.05) is 6.92 Å². The molecule has 1 amide bonds. The molecule has 0 aromatic rings. The zero-order valence-electron chi connectivity index (χ0n) is 15.7. The lowest BCUT2D eigenvalue weighted by atomic mass is 10.0. The van der Waals surface area contributed by atoms with Gasteiger partial charge in [-0.1, -0.05) is 103 Å². The van der Waals surface area contributed by atoms with Gasteiger partial charge >= 0.3 is 6.09 Å². The summed E-state index contributed by atoms with van der Waals surface area (Å²) >= 11 is 0. The van der Waals surface area contributed by atoms with Crippen LogP contribution >= 0.6 is 0 Å². The Kier molecular flexibility index (Phi) is 17.1. The maximum Gasteiger partial charge on any atom is 0.404 e. The lowest BCUT2D eigenvalue weighted by Crippen LogP contribution is -2.30. The van der Waals surface area contributed by atoms with Crippen LogP contribution < -0.4 is 5.32 Å². The fourth-order valence-corrected chi connectivity index (χ4v) is 3.10. The third kappa shape index (κ3) is 19.2. The van der Waals surface area contributed by atoms with E-state index < -0.39 is 6.09 Å². The predicted octanol–water partition coefficient (Wildman–Crippen LogP) is 6.90. The number of carboxylic acid groups (broad SMARTS) is 1. The summed E-state index contributed by atoms with van der Waals surface area (Å²) in [6.07, 6.45) is 20.6. The van der Waals surface area contributed by atoms with Gasteiger partial charge in [-0.05, 0) is 13.3 Å². The van der Waals surface area contributed by atoms with Gasteiger partial charge in [-0.3, -0.25) is 0 Å². The molecule has 0 saturated heterocycles. The number of hydrogen-bond acceptors (Lipinski definition) is 1. The molecule has 0 aromatic carbocycles. The molecule has 0 aliphatic carbocycles. The van der Waals surface area contributed by atoms with Crippen LogP contribution in [0.5, 0.6) is 0 Å². The lowest BCUT2D eigenvalue weighted by Gasteiger charge is -2.10. The smallest absolute Gasteiger partial charge is 0.404 e. The number of unbranched alkanes of at least 4 members (excludes halogenated alkanes) is 14. The van der Waals surface area contributed by atoms with Crippen LogP contribution in [-0.2, 0) is 0 Å². The molecule has 0 bridgehead atoms. The van der Waals surface area contributed by atoms with Crippen molar-refractivity contribution in [3.8, 4) is 0 Å². The average molecular weight is 328 g/mol. The van der Waals surface area contributed by atoms with Gasteiger partial charge in [0.25, 0.3) is 0 Å². The summed E-state index contributed by atoms with van der Waals surface area (Å²) in [7, 11) is 0. The minimum Gasteiger partial charge on any atom is -0.465 e. The highest BCUT2D eigenvalue weighted by molar-refractivity contribution is 5.64. The number of amides is 1. The van der Waals surface area contributed by atoms with E-state index >= 15 is 0 Å². The standard InChI is InChI=1S/C20H41NO2/c1-3-4-5-6-7-8-9-10-11-12-13-14-15-16-17-18-19(2)21-20(22)23/h19,21H,3-18H2,1-2H3,(H,22,23). The van der Waals surface area contributed by atoms with Crippen molar-refractivity contribution in [2.24, 2.45) is 0 Å². The number of hydrogen-bond donors (Lipinski definition) is 2. The predicted molar refractivity (Wildman–Crippen MR) is 100 cm³/mol. The fourth-order valence-electron chi connectivity index (χ4n) is 3.10. The largest absolute Gasteiger partial charge is 0.465 e. The Morgan fingerprint density at radius 3 is 1.43 bits per heavy atom. The summed E-state index contributed by atoms with van der Waals surface area (Å²) < 4.78 is 0. The van der Waals surface area contributed by atoms with Crippen molar-refractivity contribution in [2.75, 3.05) is 0 Å². The maximum absolute atomic E-state index is 10.5. The average Bonchev–Trinajstić information content (AvgIpc) is 2.50. The molecule has 1 atom stereocenters. The van der Waals surface area contributed by atoms with Crippen molar-refractivity contribution in [2.45, 2.75) is 123 Å². The summed E-state index contributed by atoms with van der Waals surface area (Å²) in [6, 6.07) is 0.0921. The molecule has 3 heteroatoms. The van der Waals surface area contributed by atoms with Gasteiger partial charge in [0, 0.05) is 6.04 Å². The first kappa shape index (κ1) is 22.3. The van der Waals surface area contributed by atoms with Gasteiger partial charge in [0.1, 0.15) is 0 Å². The van der Waals surface area contributed by atoms with Crippen LogP contribution in [0.2, 0.25) is 0 Å². The van der Waals surface area contributed by atoms with E-state index in [1.165, 1.54) is 89.9 Å². The van der Waals surface area contributed by atoms with Gasteiger partial charge in [-0.2, -0.15) is 0 Å². The third-order valence-corrected chi connectivity index (χ3v) is 4.61. The van der Waals surface area contributed by atoms with Crippen LogP contribution in [0.25, 0.3) is 0 Å². The topological polar surface area (TPSA) is 49.3 Å². The molecule has 0 radical (unpaired) electrons. The molecular formula is C20H41NO2. The molecule has 0 fully saturated rings. The second kappa shape index (κ2) is 17.6. The van der Waals surface area contributed by atoms with Crippen molar-refractivity contribution >= 4 is 6.09 Å². The molecule has 0 spiro atoms. The summed E-state index contributed by atoms with van der Waals surface area (Å²) in [5.41, 5.74) is 0. The zero-order chi connectivity index (χ0) is 17.2. The SMILES string of the molecule is CCCCCCCCCCCCCCCCCC(C)NC(=O)O. The van der Waals surface area contributed by atoms with E-state index in [0.717, 1.165) is 12.8 Å². The second-order valence-electron chi connectivity index (χ2n) is 7.09. The first-order chi connectivity index (χ1) is 11.2. The first-order valence-corrected chi connectivity index (χ1v) is 10.2. The van der Waals surface area contributed by atoms with E-state index in [1.54, 1.807) is 0 Å². The van der Waals surface area contributed by atoms with E-state index in [9.17, 15) is 4.79 Å². The summed E-state index contributed by atoms with van der Waals surface area (Å²) in [5, 5.41) is 11.1. The highest BCUT2D eigenvalue weighted by Crippen LogP contribution is 2.14. The lowest BCUT2D eigenvalue weighted by molar-refractivity contribution is 0.190. The third-order valence-electron chi connectivity index (χ3n) is 4.61. The van der Waals surface area contributed by atoms with Crippen LogP contribution in [0.15, 0.2) is 0 Å². The minimum atomic E-state index is -0.904. The monoisotopic (exact) mass is 327 g/mol. The highest BCUT2D eigenvalue weighted by atomic mass is 16.4. The van der Waals surface area contributed by atoms with Crippen molar-refractivity contribution in [1.82, 2.24) is 5.32 Å². The van der Waals surface area contributed by atoms with Crippen molar-refractivity contribution in [3.05, 3.63) is 0 Å². The Labute approximate surface area is 144 Å². The molecule has 2 N–H and O–H groups in total. The van der Waals surface area contributed by atoms with Crippen LogP contribution in [0.1, 0.15) is 117 Å². The minimum absolute atomic E-state index is 0.0921. The van der Waals surface area contributed by atoms with E-state index in [2.05, 4.69) is 12.2 Å². The Hall–Kier alpha value is -0.730. The molecule has 0 rings (SSSR count). The number of rotatable bonds is 17. The summed E-state index contributed by atoms with van der Waals surface area (Å²) in [6.45, 7) is 4.22. The Balaban J connectivity index is 3.06. The quantitative estimate of drug-likeness (QED) is 0.285. The van der Waals surface area contributed by atoms with Gasteiger partial charge in [-0.25, -0.2) is 4.79 Å². The highest BCUT2D eigenvalue weighted by Gasteiger charge is 2.03. The van der Waals surface area contributed by atoms with Crippen molar-refractivity contribution in [1.29, 1.82) is 0 Å². The molecule has 0 saturated carbocycles. The molecule has 0 aromatic heterocycles. The van der Waals surface area contributed by atoms with Crippen LogP contribution in [-0.4, -0.2) is 17.2 Å². The van der Waals surface area contributed by atoms with Crippen LogP contribution in [0.3, 0.4) is 0 Å². The van der Waals surface area contributed by atoms with E-state index in [4.69, 9.17) is 5.11 Å². The van der Waals surface area contributed by atoms with E-state index in [-0.39, 0.29) is 6.04 Å². The van der Waals surface area contributed by atoms with Crippen LogP contribution in [0, 0.1) is 0 Å². The number of carbonyl (C=O) groups is 1. The Morgan fingerprint density at radius 1 is 0.739 bits per heavy atom. The van der Waals surface area contributed by atoms with Crippen molar-refractivity contribution < 1.29 is 9.90 Å². The molecule has 138 valence electrons. The zero-order valence-corrected chi connectivity index (χ0v) is 15.7. The molecule has 23 heavy (non-hydrogen) atoms. The molecule has 0 aliphatic heterocycles. The van der Waals surface area contributed by atoms with Gasteiger partial charge in [0.2, 0.25) is 0 Å². The molecular weight excluding hydrogens is 286 g/mol. The van der Waals surface area contributed by atoms with E-state index in [0.29, 0.717) is 0 Å². The molecule has 0 heterocycles. The fraction of sp³-hybridized carbons (Fsp3) is 0.950. The van der Waals surface area contributed by atoms with Crippen molar-refractivity contribution in [3.63, 3.8) is 0 Å². The Bertz CT molecular complexity index is 256. The van der Waals surface area contributed by atoms with Gasteiger partial charge in [0.05, 0.1) is 0 Å². The first-order valence-electron chi connectivity index (χ1n) is 10.2. The molecule has 0 aliphatic rings. The molecule has 3 nitrogen and oxygen atoms in total. The van der Waals surface area contributed by atoms with Gasteiger partial charge < -0.3 is 10.4 Å². The normalized spacial score (nSPS) is 12.3. The summed E-state index contributed by atoms with van der Waals surface area (Å²) in [4.78, 5) is 10.5. The summed E-state index contributed by atoms with van der Waals surface area (Å²) in [5.74, 6) is 0. The van der Waals surface area contributed by atoms with Crippen LogP contribution in [0.4, 0.5) is 4.79 Å². The second-order valence-corrected chi connectivity index (χ2v) is 7.09. The Morgan fingerprint density at radius 2 is 1.09 bits per heavy atom. The van der Waals surface area contributed by atoms with Gasteiger partial charge in [-0.15, -0.1) is 0 Å². The molecule has 1 unspecified atom stereocenters. The van der Waals surface area contributed by atoms with Gasteiger partial charge in [0.15, 0.2) is 0 Å².